The van der Waals surface area contributed by atoms with Crippen LogP contribution in [0.3, 0.4) is 0 Å². The zero-order valence-corrected chi connectivity index (χ0v) is 9.22. The van der Waals surface area contributed by atoms with E-state index in [4.69, 9.17) is 11.6 Å². The van der Waals surface area contributed by atoms with E-state index in [9.17, 15) is 0 Å². The van der Waals surface area contributed by atoms with Crippen molar-refractivity contribution in [3.8, 4) is 0 Å². The monoisotopic (exact) mass is 210 g/mol. The summed E-state index contributed by atoms with van der Waals surface area (Å²) in [5.41, 5.74) is 1.29. The molecule has 0 bridgehead atoms. The third-order valence-corrected chi connectivity index (χ3v) is 3.70. The standard InChI is InChI=1S/C11H15ClN2/c1-7-3-2-6-14-9(7)10(12)13-11(14)8-4-5-8/h7-8H,2-6H2,1H3. The summed E-state index contributed by atoms with van der Waals surface area (Å²) in [7, 11) is 0. The number of halogens is 1. The molecule has 2 heterocycles. The lowest BCUT2D eigenvalue weighted by atomic mass is 9.98. The fraction of sp³-hybridized carbons (Fsp3) is 0.727. The molecule has 3 rings (SSSR count). The Balaban J connectivity index is 2.11. The highest BCUT2D eigenvalue weighted by Gasteiger charge is 2.33. The van der Waals surface area contributed by atoms with Crippen LogP contribution in [0, 0.1) is 0 Å². The predicted octanol–water partition coefficient (Wildman–Crippen LogP) is 3.31. The van der Waals surface area contributed by atoms with Crippen LogP contribution in [0.2, 0.25) is 5.15 Å². The first-order valence-electron chi connectivity index (χ1n) is 5.53. The van der Waals surface area contributed by atoms with Gasteiger partial charge in [0.2, 0.25) is 0 Å². The molecule has 0 N–H and O–H groups in total. The van der Waals surface area contributed by atoms with E-state index < -0.39 is 0 Å². The smallest absolute Gasteiger partial charge is 0.150 e. The second kappa shape index (κ2) is 2.99. The summed E-state index contributed by atoms with van der Waals surface area (Å²) < 4.78 is 2.38. The van der Waals surface area contributed by atoms with Gasteiger partial charge in [-0.1, -0.05) is 18.5 Å². The zero-order chi connectivity index (χ0) is 9.71. The number of rotatable bonds is 1. The third kappa shape index (κ3) is 1.20. The fourth-order valence-electron chi connectivity index (χ4n) is 2.50. The van der Waals surface area contributed by atoms with Crippen molar-refractivity contribution in [2.75, 3.05) is 0 Å². The first-order valence-corrected chi connectivity index (χ1v) is 5.91. The summed E-state index contributed by atoms with van der Waals surface area (Å²) in [6.45, 7) is 3.39. The molecule has 14 heavy (non-hydrogen) atoms. The summed E-state index contributed by atoms with van der Waals surface area (Å²) >= 11 is 6.20. The van der Waals surface area contributed by atoms with Crippen LogP contribution in [0.25, 0.3) is 0 Å². The summed E-state index contributed by atoms with van der Waals surface area (Å²) in [5.74, 6) is 2.57. The first-order chi connectivity index (χ1) is 6.77. The summed E-state index contributed by atoms with van der Waals surface area (Å²) in [5, 5.41) is 0.763. The summed E-state index contributed by atoms with van der Waals surface area (Å²) in [4.78, 5) is 4.53. The van der Waals surface area contributed by atoms with Crippen molar-refractivity contribution in [1.82, 2.24) is 9.55 Å². The van der Waals surface area contributed by atoms with Gasteiger partial charge in [-0.15, -0.1) is 0 Å². The molecule has 3 heteroatoms. The Labute approximate surface area is 89.3 Å². The van der Waals surface area contributed by atoms with E-state index in [1.807, 2.05) is 0 Å². The Bertz CT molecular complexity index is 366. The molecule has 0 radical (unpaired) electrons. The van der Waals surface area contributed by atoms with Crippen LogP contribution in [0.4, 0.5) is 0 Å². The van der Waals surface area contributed by atoms with Gasteiger partial charge in [-0.3, -0.25) is 0 Å². The maximum absolute atomic E-state index is 6.20. The molecule has 0 aromatic carbocycles. The van der Waals surface area contributed by atoms with Crippen LogP contribution in [0.15, 0.2) is 0 Å². The molecular formula is C11H15ClN2. The second-order valence-electron chi connectivity index (χ2n) is 4.62. The van der Waals surface area contributed by atoms with Gasteiger partial charge < -0.3 is 4.57 Å². The van der Waals surface area contributed by atoms with Gasteiger partial charge in [-0.25, -0.2) is 4.98 Å². The van der Waals surface area contributed by atoms with Gasteiger partial charge in [0.25, 0.3) is 0 Å². The van der Waals surface area contributed by atoms with Crippen LogP contribution < -0.4 is 0 Å². The van der Waals surface area contributed by atoms with Crippen molar-refractivity contribution in [3.05, 3.63) is 16.7 Å². The number of nitrogens with zero attached hydrogens (tertiary/aromatic N) is 2. The van der Waals surface area contributed by atoms with Crippen molar-refractivity contribution < 1.29 is 0 Å². The van der Waals surface area contributed by atoms with Crippen LogP contribution in [-0.4, -0.2) is 9.55 Å². The molecule has 1 aliphatic carbocycles. The van der Waals surface area contributed by atoms with Crippen molar-refractivity contribution in [2.45, 2.75) is 51.0 Å². The molecule has 1 fully saturated rings. The first kappa shape index (κ1) is 8.78. The van der Waals surface area contributed by atoms with Gasteiger partial charge >= 0.3 is 0 Å². The van der Waals surface area contributed by atoms with Gasteiger partial charge in [-0.05, 0) is 31.6 Å². The molecule has 1 saturated carbocycles. The number of hydrogen-bond acceptors (Lipinski definition) is 1. The molecule has 0 spiro atoms. The average Bonchev–Trinajstić information content (AvgIpc) is 2.93. The number of imidazole rings is 1. The Kier molecular flexibility index (Phi) is 1.88. The lowest BCUT2D eigenvalue weighted by molar-refractivity contribution is 0.463. The third-order valence-electron chi connectivity index (χ3n) is 3.42. The van der Waals surface area contributed by atoms with Crippen molar-refractivity contribution >= 4 is 11.6 Å². The van der Waals surface area contributed by atoms with E-state index >= 15 is 0 Å². The maximum atomic E-state index is 6.20. The van der Waals surface area contributed by atoms with Gasteiger partial charge in [0.15, 0.2) is 5.15 Å². The molecule has 1 aliphatic heterocycles. The molecule has 0 amide bonds. The highest BCUT2D eigenvalue weighted by atomic mass is 35.5. The molecule has 2 nitrogen and oxygen atoms in total. The van der Waals surface area contributed by atoms with E-state index in [0.717, 1.165) is 11.7 Å². The van der Waals surface area contributed by atoms with E-state index in [2.05, 4.69) is 16.5 Å². The molecule has 1 aromatic heterocycles. The quantitative estimate of drug-likeness (QED) is 0.696. The Morgan fingerprint density at radius 1 is 1.36 bits per heavy atom. The number of fused-ring (bicyclic) bond motifs is 1. The van der Waals surface area contributed by atoms with E-state index in [-0.39, 0.29) is 0 Å². The predicted molar refractivity (Wildman–Crippen MR) is 56.9 cm³/mol. The van der Waals surface area contributed by atoms with E-state index in [1.54, 1.807) is 0 Å². The minimum absolute atomic E-state index is 0.594. The van der Waals surface area contributed by atoms with Gasteiger partial charge in [0, 0.05) is 12.5 Å². The summed E-state index contributed by atoms with van der Waals surface area (Å²) in [6.07, 6.45) is 5.15. The van der Waals surface area contributed by atoms with Crippen LogP contribution in [0.5, 0.6) is 0 Å². The molecule has 0 saturated heterocycles. The normalized spacial score (nSPS) is 26.3. The van der Waals surface area contributed by atoms with Crippen molar-refractivity contribution in [2.24, 2.45) is 0 Å². The maximum Gasteiger partial charge on any atom is 0.150 e. The SMILES string of the molecule is CC1CCCn2c(C3CC3)nc(Cl)c21. The van der Waals surface area contributed by atoms with E-state index in [0.29, 0.717) is 11.8 Å². The lowest BCUT2D eigenvalue weighted by Gasteiger charge is -2.22. The Morgan fingerprint density at radius 2 is 2.14 bits per heavy atom. The van der Waals surface area contributed by atoms with Crippen molar-refractivity contribution in [3.63, 3.8) is 0 Å². The van der Waals surface area contributed by atoms with Crippen molar-refractivity contribution in [1.29, 1.82) is 0 Å². The minimum Gasteiger partial charge on any atom is -0.330 e. The van der Waals surface area contributed by atoms with Crippen LogP contribution >= 0.6 is 11.6 Å². The van der Waals surface area contributed by atoms with Crippen LogP contribution in [0.1, 0.15) is 56.0 Å². The molecule has 1 atom stereocenters. The second-order valence-corrected chi connectivity index (χ2v) is 4.97. The molecule has 76 valence electrons. The largest absolute Gasteiger partial charge is 0.330 e. The molecule has 1 unspecified atom stereocenters. The van der Waals surface area contributed by atoms with Gasteiger partial charge in [0.05, 0.1) is 5.69 Å². The fourth-order valence-corrected chi connectivity index (χ4v) is 2.88. The summed E-state index contributed by atoms with van der Waals surface area (Å²) in [6, 6.07) is 0. The van der Waals surface area contributed by atoms with E-state index in [1.165, 1.54) is 37.2 Å². The number of hydrogen-bond donors (Lipinski definition) is 0. The number of aromatic nitrogens is 2. The minimum atomic E-state index is 0.594. The Hall–Kier alpha value is -0.500. The zero-order valence-electron chi connectivity index (χ0n) is 8.46. The topological polar surface area (TPSA) is 17.8 Å². The molecule has 1 aromatic rings. The van der Waals surface area contributed by atoms with Crippen LogP contribution in [-0.2, 0) is 6.54 Å². The molecular weight excluding hydrogens is 196 g/mol. The highest BCUT2D eigenvalue weighted by molar-refractivity contribution is 6.30. The van der Waals surface area contributed by atoms with Gasteiger partial charge in [0.1, 0.15) is 5.82 Å². The van der Waals surface area contributed by atoms with Gasteiger partial charge in [-0.2, -0.15) is 0 Å². The Morgan fingerprint density at radius 3 is 2.86 bits per heavy atom. The average molecular weight is 211 g/mol. The lowest BCUT2D eigenvalue weighted by Crippen LogP contribution is -2.15. The molecule has 2 aliphatic rings. The highest BCUT2D eigenvalue weighted by Crippen LogP contribution is 2.43.